The summed E-state index contributed by atoms with van der Waals surface area (Å²) >= 11 is 0. The molecular formula is C32H34F3N5O6S. The molecule has 2 atom stereocenters. The standard InChI is InChI=1S/C32H34F3N5O6S/c1-18-12-24-27(36-14-18)46-31(9-11-45-17-31)16-39(47(24,43)44)15-22-13-21(7-6-19(22)2)25(30(4,5)29(41)42)23-8-10-40-26(20(23)3)37-38-28(40)32(33,34)35/h6-8,10,12-14,25H,9,11,15-17H2,1-5H3,(H,41,42)/t25-,31-/m1/s1. The predicted molar refractivity (Wildman–Crippen MR) is 163 cm³/mol. The quantitative estimate of drug-likeness (QED) is 0.298. The third-order valence-electron chi connectivity index (χ3n) is 9.18. The number of hydrogen-bond donors (Lipinski definition) is 1. The van der Waals surface area contributed by atoms with E-state index in [0.29, 0.717) is 40.8 Å². The number of fused-ring (bicyclic) bond motifs is 2. The van der Waals surface area contributed by atoms with Crippen molar-refractivity contribution in [1.82, 2.24) is 23.9 Å². The maximum Gasteiger partial charge on any atom is 0.452 e. The van der Waals surface area contributed by atoms with E-state index in [9.17, 15) is 31.5 Å². The van der Waals surface area contributed by atoms with Crippen LogP contribution in [0.3, 0.4) is 0 Å². The summed E-state index contributed by atoms with van der Waals surface area (Å²) in [6.45, 7) is 8.77. The van der Waals surface area contributed by atoms with Gasteiger partial charge in [0.05, 0.1) is 25.2 Å². The van der Waals surface area contributed by atoms with Gasteiger partial charge in [0, 0.05) is 31.3 Å². The van der Waals surface area contributed by atoms with Crippen LogP contribution in [0.4, 0.5) is 13.2 Å². The lowest BCUT2D eigenvalue weighted by atomic mass is 9.70. The molecule has 47 heavy (non-hydrogen) atoms. The Kier molecular flexibility index (Phi) is 7.88. The normalized spacial score (nSPS) is 20.6. The number of pyridine rings is 2. The molecule has 15 heteroatoms. The first kappa shape index (κ1) is 32.8. The molecule has 5 heterocycles. The van der Waals surface area contributed by atoms with Crippen molar-refractivity contribution < 1.29 is 41.0 Å². The minimum atomic E-state index is -4.74. The summed E-state index contributed by atoms with van der Waals surface area (Å²) in [6, 6.07) is 8.31. The molecule has 11 nitrogen and oxygen atoms in total. The molecule has 0 radical (unpaired) electrons. The van der Waals surface area contributed by atoms with Gasteiger partial charge in [-0.25, -0.2) is 13.4 Å². The summed E-state index contributed by atoms with van der Waals surface area (Å²) in [5.74, 6) is -3.16. The Bertz CT molecular complexity index is 2000. The van der Waals surface area contributed by atoms with Crippen LogP contribution in [0, 0.1) is 26.2 Å². The highest BCUT2D eigenvalue weighted by atomic mass is 32.2. The molecule has 4 aromatic rings. The van der Waals surface area contributed by atoms with Crippen LogP contribution in [0.15, 0.2) is 47.6 Å². The Labute approximate surface area is 269 Å². The molecule has 3 aromatic heterocycles. The molecule has 1 spiro atoms. The van der Waals surface area contributed by atoms with Crippen LogP contribution in [0.25, 0.3) is 5.65 Å². The summed E-state index contributed by atoms with van der Waals surface area (Å²) in [5, 5.41) is 17.5. The fourth-order valence-electron chi connectivity index (χ4n) is 6.45. The maximum absolute atomic E-state index is 14.2. The SMILES string of the molecule is Cc1cnc2c(c1)S(=O)(=O)N(Cc1cc([C@H](c3ccn4c(C(F)(F)F)nnc4c3C)C(C)(C)C(=O)O)ccc1C)C[C@@]1(CCOC1)O2. The molecule has 1 aromatic carbocycles. The number of halogens is 3. The number of hydrogen-bond acceptors (Lipinski definition) is 8. The summed E-state index contributed by atoms with van der Waals surface area (Å²) in [6.07, 6.45) is -1.53. The highest BCUT2D eigenvalue weighted by Crippen LogP contribution is 2.44. The van der Waals surface area contributed by atoms with E-state index >= 15 is 0 Å². The molecule has 0 amide bonds. The zero-order valence-electron chi connectivity index (χ0n) is 26.4. The van der Waals surface area contributed by atoms with Crippen LogP contribution in [0.2, 0.25) is 0 Å². The van der Waals surface area contributed by atoms with Crippen molar-refractivity contribution in [1.29, 1.82) is 0 Å². The zero-order valence-corrected chi connectivity index (χ0v) is 27.2. The van der Waals surface area contributed by atoms with Gasteiger partial charge >= 0.3 is 12.1 Å². The topological polar surface area (TPSA) is 136 Å². The fraction of sp³-hybridized carbons (Fsp3) is 0.438. The van der Waals surface area contributed by atoms with Crippen molar-refractivity contribution in [2.45, 2.75) is 70.2 Å². The van der Waals surface area contributed by atoms with E-state index in [-0.39, 0.29) is 36.1 Å². The van der Waals surface area contributed by atoms with Gasteiger partial charge in [0.1, 0.15) is 10.5 Å². The van der Waals surface area contributed by atoms with Crippen LogP contribution in [-0.4, -0.2) is 68.7 Å². The van der Waals surface area contributed by atoms with E-state index in [1.807, 2.05) is 6.92 Å². The van der Waals surface area contributed by atoms with E-state index in [2.05, 4.69) is 15.2 Å². The number of ether oxygens (including phenoxy) is 2. The zero-order chi connectivity index (χ0) is 34.1. The molecule has 1 N–H and O–H groups in total. The van der Waals surface area contributed by atoms with E-state index < -0.39 is 44.9 Å². The van der Waals surface area contributed by atoms with Gasteiger partial charge in [-0.2, -0.15) is 17.5 Å². The van der Waals surface area contributed by atoms with Crippen molar-refractivity contribution in [2.24, 2.45) is 5.41 Å². The van der Waals surface area contributed by atoms with Crippen molar-refractivity contribution >= 4 is 21.6 Å². The van der Waals surface area contributed by atoms with Crippen LogP contribution in [0.5, 0.6) is 5.88 Å². The second-order valence-electron chi connectivity index (χ2n) is 12.9. The maximum atomic E-state index is 14.2. The van der Waals surface area contributed by atoms with Gasteiger partial charge < -0.3 is 14.6 Å². The van der Waals surface area contributed by atoms with Crippen LogP contribution >= 0.6 is 0 Å². The molecule has 0 bridgehead atoms. The van der Waals surface area contributed by atoms with Crippen molar-refractivity contribution in [3.05, 3.63) is 81.9 Å². The van der Waals surface area contributed by atoms with E-state index in [0.717, 1.165) is 9.96 Å². The lowest BCUT2D eigenvalue weighted by molar-refractivity contribution is -0.147. The first-order valence-electron chi connectivity index (χ1n) is 14.9. The highest BCUT2D eigenvalue weighted by Gasteiger charge is 2.47. The Hall–Kier alpha value is -4.08. The second-order valence-corrected chi connectivity index (χ2v) is 14.8. The number of nitrogens with zero attached hydrogens (tertiary/aromatic N) is 5. The molecule has 250 valence electrons. The van der Waals surface area contributed by atoms with Gasteiger partial charge in [0.2, 0.25) is 21.7 Å². The molecule has 2 aliphatic rings. The van der Waals surface area contributed by atoms with Crippen LogP contribution in [-0.2, 0) is 32.3 Å². The predicted octanol–water partition coefficient (Wildman–Crippen LogP) is 5.05. The highest BCUT2D eigenvalue weighted by molar-refractivity contribution is 7.89. The van der Waals surface area contributed by atoms with E-state index in [1.165, 1.54) is 22.6 Å². The van der Waals surface area contributed by atoms with Gasteiger partial charge in [-0.05, 0) is 80.1 Å². The molecule has 6 rings (SSSR count). The minimum Gasteiger partial charge on any atom is -0.481 e. The number of alkyl halides is 3. The average molecular weight is 674 g/mol. The summed E-state index contributed by atoms with van der Waals surface area (Å²) in [5.41, 5.74) is 0.931. The lowest BCUT2D eigenvalue weighted by Gasteiger charge is -2.33. The number of carboxylic acids is 1. The van der Waals surface area contributed by atoms with Gasteiger partial charge in [-0.1, -0.05) is 18.2 Å². The minimum absolute atomic E-state index is 0.00263. The Morgan fingerprint density at radius 2 is 1.87 bits per heavy atom. The van der Waals surface area contributed by atoms with Crippen LogP contribution in [0.1, 0.15) is 65.4 Å². The van der Waals surface area contributed by atoms with Gasteiger partial charge in [-0.3, -0.25) is 9.20 Å². The molecule has 0 unspecified atom stereocenters. The number of sulfonamides is 1. The van der Waals surface area contributed by atoms with Crippen molar-refractivity contribution in [3.8, 4) is 5.88 Å². The third-order valence-corrected chi connectivity index (χ3v) is 11.0. The smallest absolute Gasteiger partial charge is 0.452 e. The molecular weight excluding hydrogens is 639 g/mol. The number of aryl methyl sites for hydroxylation is 3. The summed E-state index contributed by atoms with van der Waals surface area (Å²) in [4.78, 5) is 17.0. The van der Waals surface area contributed by atoms with Gasteiger partial charge in [0.15, 0.2) is 5.65 Å². The van der Waals surface area contributed by atoms with Gasteiger partial charge in [-0.15, -0.1) is 10.2 Å². The van der Waals surface area contributed by atoms with E-state index in [1.54, 1.807) is 52.1 Å². The summed E-state index contributed by atoms with van der Waals surface area (Å²) < 4.78 is 83.2. The fourth-order valence-corrected chi connectivity index (χ4v) is 8.09. The van der Waals surface area contributed by atoms with Gasteiger partial charge in [0.25, 0.3) is 0 Å². The molecule has 1 fully saturated rings. The third kappa shape index (κ3) is 5.63. The largest absolute Gasteiger partial charge is 0.481 e. The summed E-state index contributed by atoms with van der Waals surface area (Å²) in [7, 11) is -4.10. The van der Waals surface area contributed by atoms with Crippen molar-refractivity contribution in [2.75, 3.05) is 19.8 Å². The molecule has 2 aliphatic heterocycles. The van der Waals surface area contributed by atoms with Crippen LogP contribution < -0.4 is 4.74 Å². The average Bonchev–Trinajstić information content (AvgIpc) is 3.62. The Morgan fingerprint density at radius 1 is 1.13 bits per heavy atom. The first-order valence-corrected chi connectivity index (χ1v) is 16.4. The lowest BCUT2D eigenvalue weighted by Crippen LogP contribution is -2.47. The second kappa shape index (κ2) is 11.3. The monoisotopic (exact) mass is 673 g/mol. The number of carboxylic acid groups (broad SMARTS) is 1. The Morgan fingerprint density at radius 3 is 2.53 bits per heavy atom. The molecule has 1 saturated heterocycles. The number of aliphatic carboxylic acids is 1. The Balaban J connectivity index is 1.47. The molecule has 0 saturated carbocycles. The first-order chi connectivity index (χ1) is 21.9. The number of carbonyl (C=O) groups is 1. The number of rotatable bonds is 6. The van der Waals surface area contributed by atoms with Crippen molar-refractivity contribution in [3.63, 3.8) is 0 Å². The number of benzene rings is 1. The molecule has 0 aliphatic carbocycles. The number of aromatic nitrogens is 4. The van der Waals surface area contributed by atoms with E-state index in [4.69, 9.17) is 9.47 Å².